The van der Waals surface area contributed by atoms with Crippen LogP contribution in [0.25, 0.3) is 149 Å². The Kier molecular flexibility index (Phi) is 19.4. The van der Waals surface area contributed by atoms with Gasteiger partial charge >= 0.3 is 0 Å². The summed E-state index contributed by atoms with van der Waals surface area (Å²) in [5.74, 6) is -0.100. The predicted molar refractivity (Wildman–Crippen MR) is 520 cm³/mol. The van der Waals surface area contributed by atoms with Gasteiger partial charge in [0.15, 0.2) is 0 Å². The molecule has 0 N–H and O–H groups in total. The summed E-state index contributed by atoms with van der Waals surface area (Å²) < 4.78 is 5.32. The molecule has 0 fully saturated rings. The summed E-state index contributed by atoms with van der Waals surface area (Å²) in [7, 11) is 0. The molecule has 2 aromatic heterocycles. The highest BCUT2D eigenvalue weighted by Crippen LogP contribution is 2.54. The summed E-state index contributed by atoms with van der Waals surface area (Å²) in [6.45, 7) is 26.0. The molecule has 0 saturated carbocycles. The number of nitrogens with zero attached hydrogens (tertiary/aromatic N) is 4. The van der Waals surface area contributed by atoms with Crippen molar-refractivity contribution in [3.63, 3.8) is 0 Å². The van der Waals surface area contributed by atoms with Crippen molar-refractivity contribution in [1.29, 1.82) is 0 Å². The fourth-order valence-corrected chi connectivity index (χ4v) is 20.8. The van der Waals surface area contributed by atoms with E-state index in [9.17, 15) is 0 Å². The highest BCUT2D eigenvalue weighted by atomic mass is 15.2. The van der Waals surface area contributed by atoms with Gasteiger partial charge in [-0.2, -0.15) is 0 Å². The smallest absolute Gasteiger partial charge is 0.222 e. The molecule has 121 heavy (non-hydrogen) atoms. The number of hydrogen-bond acceptors (Lipinski definition) is 2. The lowest BCUT2D eigenvalue weighted by atomic mass is 9.31. The van der Waals surface area contributed by atoms with Crippen LogP contribution in [0.3, 0.4) is 0 Å². The molecular weight excluding hydrogens is 1460 g/mol. The van der Waals surface area contributed by atoms with Crippen LogP contribution in [0.2, 0.25) is 5.82 Å². The SMILES string of the molecule is CCN(c1cc(-c2ccccc2)cc2c1B(C(C)[C@@H](C)n1c3ccc(-c4c(C)cccc4C)cc3c3cc(-c4c(C)cccc4C)ccc31)c1ccc(-n3c4ccc(-c5c(C)cccc5C)cc4c4cc(-c5c(C)cccc5C)ccc43)cc1N2c1c(-c2ccccc2)cccc1-c1ccccc1)c1c(-c2ccccc2)cccc1-c1ccccc1. The van der Waals surface area contributed by atoms with Crippen molar-refractivity contribution in [3.8, 4) is 106 Å². The third-order valence-corrected chi connectivity index (χ3v) is 26.5. The van der Waals surface area contributed by atoms with E-state index < -0.39 is 0 Å². The first kappa shape index (κ1) is 75.7. The van der Waals surface area contributed by atoms with Gasteiger partial charge in [-0.15, -0.1) is 0 Å². The molecule has 2 atom stereocenters. The van der Waals surface area contributed by atoms with E-state index in [0.29, 0.717) is 6.54 Å². The van der Waals surface area contributed by atoms with Crippen LogP contribution in [0.5, 0.6) is 0 Å². The van der Waals surface area contributed by atoms with Crippen molar-refractivity contribution in [1.82, 2.24) is 9.13 Å². The first-order chi connectivity index (χ1) is 59.2. The van der Waals surface area contributed by atoms with E-state index in [1.54, 1.807) is 0 Å². The number of rotatable bonds is 17. The molecule has 0 amide bonds. The molecule has 17 aromatic carbocycles. The van der Waals surface area contributed by atoms with Crippen molar-refractivity contribution in [2.24, 2.45) is 0 Å². The standard InChI is InChI=1S/C116H97BN4/c1-12-118(115-94(84-44-20-14-21-45-84)52-32-53-95(115)85-46-22-15-23-47-85)108-70-92(83-42-18-13-19-43-83)71-109-114(108)117(81(10)82(11)119-103-62-56-88(110-73(2)34-28-35-74(110)3)66-98(103)99-67-89(57-63-104(99)119)111-75(4)36-29-37-76(111)5)102-61-60-93(72-107(102)121(109)116-96(86-48-24-16-25-49-86)54-33-55-97(116)87-50-26-17-27-51-87)120-105-64-58-90(112-77(6)38-30-39-78(112)7)68-100(105)101-69-91(59-65-106(101)120)113-79(8)40-31-41-80(113)9/h13-72,81-82H,12H2,1-11H3/t81?,82-/m1/s1. The fourth-order valence-electron chi connectivity index (χ4n) is 20.8. The largest absolute Gasteiger partial charge is 0.341 e. The molecule has 1 unspecified atom stereocenters. The number of aryl methyl sites for hydroxylation is 8. The lowest BCUT2D eigenvalue weighted by Crippen LogP contribution is -2.55. The summed E-state index contributed by atoms with van der Waals surface area (Å²) in [5.41, 5.74) is 45.5. The van der Waals surface area contributed by atoms with Crippen LogP contribution < -0.4 is 20.7 Å². The highest BCUT2D eigenvalue weighted by molar-refractivity contribution is 6.90. The van der Waals surface area contributed by atoms with Crippen LogP contribution in [0, 0.1) is 55.4 Å². The summed E-state index contributed by atoms with van der Waals surface area (Å²) >= 11 is 0. The van der Waals surface area contributed by atoms with Crippen molar-refractivity contribution >= 4 is 89.7 Å². The Bertz CT molecular complexity index is 6840. The molecule has 0 spiro atoms. The second kappa shape index (κ2) is 31.1. The molecular formula is C116H97BN4. The molecule has 1 aliphatic heterocycles. The van der Waals surface area contributed by atoms with Gasteiger partial charge in [-0.25, -0.2) is 0 Å². The van der Waals surface area contributed by atoms with Gasteiger partial charge in [-0.05, 0) is 281 Å². The number of aromatic nitrogens is 2. The Morgan fingerprint density at radius 1 is 0.289 bits per heavy atom. The van der Waals surface area contributed by atoms with Gasteiger partial charge in [0, 0.05) is 90.2 Å². The van der Waals surface area contributed by atoms with E-state index in [1.807, 2.05) is 0 Å². The number of hydrogen-bond donors (Lipinski definition) is 0. The summed E-state index contributed by atoms with van der Waals surface area (Å²) in [6, 6.07) is 138. The quantitative estimate of drug-likeness (QED) is 0.0845. The number of fused-ring (bicyclic) bond motifs is 8. The minimum atomic E-state index is -0.263. The maximum atomic E-state index is 2.74. The minimum Gasteiger partial charge on any atom is -0.341 e. The third kappa shape index (κ3) is 13.0. The minimum absolute atomic E-state index is 0.100. The molecule has 1 aliphatic rings. The average molecular weight is 1560 g/mol. The van der Waals surface area contributed by atoms with E-state index in [1.165, 1.54) is 144 Å². The Hall–Kier alpha value is -14.0. The zero-order valence-corrected chi connectivity index (χ0v) is 70.9. The van der Waals surface area contributed by atoms with Crippen LogP contribution in [-0.4, -0.2) is 22.4 Å². The van der Waals surface area contributed by atoms with Crippen molar-refractivity contribution in [2.75, 3.05) is 16.3 Å². The molecule has 0 bridgehead atoms. The van der Waals surface area contributed by atoms with E-state index in [-0.39, 0.29) is 18.6 Å². The van der Waals surface area contributed by atoms with Crippen LogP contribution in [-0.2, 0) is 0 Å². The third-order valence-electron chi connectivity index (χ3n) is 26.5. The lowest BCUT2D eigenvalue weighted by Gasteiger charge is -2.44. The molecule has 20 rings (SSSR count). The Morgan fingerprint density at radius 3 is 1.01 bits per heavy atom. The van der Waals surface area contributed by atoms with Gasteiger partial charge in [0.25, 0.3) is 0 Å². The van der Waals surface area contributed by atoms with Crippen molar-refractivity contribution in [3.05, 3.63) is 408 Å². The van der Waals surface area contributed by atoms with Gasteiger partial charge in [0.05, 0.1) is 22.4 Å². The summed E-state index contributed by atoms with van der Waals surface area (Å²) in [4.78, 5) is 5.45. The first-order valence-electron chi connectivity index (χ1n) is 43.0. The monoisotopic (exact) mass is 1560 g/mol. The Morgan fingerprint density at radius 2 is 0.628 bits per heavy atom. The van der Waals surface area contributed by atoms with Crippen LogP contribution in [0.15, 0.2) is 364 Å². The second-order valence-corrected chi connectivity index (χ2v) is 33.8. The van der Waals surface area contributed by atoms with Gasteiger partial charge in [0.2, 0.25) is 6.71 Å². The lowest BCUT2D eigenvalue weighted by molar-refractivity contribution is 0.557. The van der Waals surface area contributed by atoms with E-state index in [0.717, 1.165) is 89.7 Å². The van der Waals surface area contributed by atoms with Gasteiger partial charge in [-0.3, -0.25) is 0 Å². The molecule has 4 nitrogen and oxygen atoms in total. The molecule has 5 heteroatoms. The van der Waals surface area contributed by atoms with E-state index in [4.69, 9.17) is 0 Å². The molecule has 3 heterocycles. The van der Waals surface area contributed by atoms with E-state index in [2.05, 4.69) is 459 Å². The average Bonchev–Trinajstić information content (AvgIpc) is 1.29. The maximum absolute atomic E-state index is 2.74. The normalized spacial score (nSPS) is 12.5. The van der Waals surface area contributed by atoms with Gasteiger partial charge < -0.3 is 18.9 Å². The summed E-state index contributed by atoms with van der Waals surface area (Å²) in [5, 5.41) is 4.91. The summed E-state index contributed by atoms with van der Waals surface area (Å²) in [6.07, 6.45) is 0. The maximum Gasteiger partial charge on any atom is 0.222 e. The number of benzene rings is 17. The van der Waals surface area contributed by atoms with E-state index >= 15 is 0 Å². The molecule has 0 saturated heterocycles. The highest BCUT2D eigenvalue weighted by Gasteiger charge is 2.45. The van der Waals surface area contributed by atoms with Gasteiger partial charge in [0.1, 0.15) is 0 Å². The second-order valence-electron chi connectivity index (χ2n) is 33.8. The predicted octanol–water partition coefficient (Wildman–Crippen LogP) is 30.6. The Balaban J connectivity index is 0.929. The fraction of sp³-hybridized carbons (Fsp3) is 0.121. The Labute approximate surface area is 712 Å². The zero-order chi connectivity index (χ0) is 82.4. The molecule has 19 aromatic rings. The van der Waals surface area contributed by atoms with Gasteiger partial charge in [-0.1, -0.05) is 298 Å². The molecule has 584 valence electrons. The number of anilines is 5. The molecule has 0 aliphatic carbocycles. The van der Waals surface area contributed by atoms with Crippen molar-refractivity contribution in [2.45, 2.75) is 88.0 Å². The number of para-hydroxylation sites is 2. The van der Waals surface area contributed by atoms with Crippen LogP contribution in [0.4, 0.5) is 28.4 Å². The van der Waals surface area contributed by atoms with Crippen molar-refractivity contribution < 1.29 is 0 Å². The molecule has 0 radical (unpaired) electrons. The first-order valence-corrected chi connectivity index (χ1v) is 43.0. The zero-order valence-electron chi connectivity index (χ0n) is 70.9. The van der Waals surface area contributed by atoms with Crippen LogP contribution in [0.1, 0.15) is 71.3 Å². The topological polar surface area (TPSA) is 16.3 Å². The van der Waals surface area contributed by atoms with Crippen LogP contribution >= 0.6 is 0 Å².